The second kappa shape index (κ2) is 5.68. The summed E-state index contributed by atoms with van der Waals surface area (Å²) in [6.45, 7) is 0. The summed E-state index contributed by atoms with van der Waals surface area (Å²) in [6.07, 6.45) is 3.30. The molecule has 0 N–H and O–H groups in total. The first-order valence-electron chi connectivity index (χ1n) is 7.59. The third-order valence-corrected chi connectivity index (χ3v) is 5.29. The maximum Gasteiger partial charge on any atom is 0.310 e. The first-order chi connectivity index (χ1) is 10.2. The van der Waals surface area contributed by atoms with Crippen LogP contribution in [0.4, 0.5) is 0 Å². The topological polar surface area (TPSA) is 38.8 Å². The number of hydrogen-bond acceptors (Lipinski definition) is 4. The van der Waals surface area contributed by atoms with E-state index in [2.05, 4.69) is 24.1 Å². The van der Waals surface area contributed by atoms with Gasteiger partial charge >= 0.3 is 5.97 Å². The molecule has 1 aromatic rings. The number of nitrogens with zero attached hydrogens (tertiary/aromatic N) is 1. The molecule has 1 aromatic carbocycles. The molecule has 2 bridgehead atoms. The monoisotopic (exact) mass is 289 g/mol. The Bertz CT molecular complexity index is 513. The van der Waals surface area contributed by atoms with Crippen molar-refractivity contribution in [2.75, 3.05) is 21.3 Å². The summed E-state index contributed by atoms with van der Waals surface area (Å²) < 4.78 is 10.3. The molecular weight excluding hydrogens is 266 g/mol. The highest BCUT2D eigenvalue weighted by Crippen LogP contribution is 2.46. The van der Waals surface area contributed by atoms with Gasteiger partial charge in [-0.2, -0.15) is 0 Å². The summed E-state index contributed by atoms with van der Waals surface area (Å²) in [5.74, 6) is 0.960. The fourth-order valence-electron chi connectivity index (χ4n) is 4.12. The zero-order valence-electron chi connectivity index (χ0n) is 12.9. The minimum atomic E-state index is -0.0759. The Morgan fingerprint density at radius 3 is 2.52 bits per heavy atom. The fourth-order valence-corrected chi connectivity index (χ4v) is 4.12. The number of benzene rings is 1. The summed E-state index contributed by atoms with van der Waals surface area (Å²) in [7, 11) is 5.30. The predicted octanol–water partition coefficient (Wildman–Crippen LogP) is 2.43. The molecule has 2 heterocycles. The number of methoxy groups -OCH3 is 2. The highest BCUT2D eigenvalue weighted by atomic mass is 16.5. The number of carbonyl (C=O) groups excluding carboxylic acids is 1. The smallest absolute Gasteiger partial charge is 0.310 e. The van der Waals surface area contributed by atoms with Crippen molar-refractivity contribution in [2.24, 2.45) is 5.92 Å². The van der Waals surface area contributed by atoms with Crippen molar-refractivity contribution in [1.82, 2.24) is 4.90 Å². The Hall–Kier alpha value is -1.55. The van der Waals surface area contributed by atoms with Crippen LogP contribution in [0.3, 0.4) is 0 Å². The number of piperidine rings is 1. The van der Waals surface area contributed by atoms with Crippen LogP contribution in [0, 0.1) is 5.92 Å². The number of fused-ring (bicyclic) bond motifs is 2. The summed E-state index contributed by atoms with van der Waals surface area (Å²) in [4.78, 5) is 14.7. The van der Waals surface area contributed by atoms with Gasteiger partial charge in [0, 0.05) is 18.0 Å². The molecule has 0 unspecified atom stereocenters. The van der Waals surface area contributed by atoms with Crippen molar-refractivity contribution in [3.05, 3.63) is 29.8 Å². The number of ether oxygens (including phenoxy) is 2. The van der Waals surface area contributed by atoms with Gasteiger partial charge in [-0.15, -0.1) is 0 Å². The van der Waals surface area contributed by atoms with Crippen LogP contribution in [0.5, 0.6) is 5.75 Å². The summed E-state index contributed by atoms with van der Waals surface area (Å²) in [5.41, 5.74) is 1.22. The molecule has 114 valence electrons. The highest BCUT2D eigenvalue weighted by molar-refractivity contribution is 5.75. The second-order valence-electron chi connectivity index (χ2n) is 6.13. The molecule has 0 radical (unpaired) electrons. The molecule has 2 aliphatic rings. The van der Waals surface area contributed by atoms with Crippen LogP contribution in [0.1, 0.15) is 30.7 Å². The maximum absolute atomic E-state index is 12.3. The molecule has 4 atom stereocenters. The summed E-state index contributed by atoms with van der Waals surface area (Å²) >= 11 is 0. The quantitative estimate of drug-likeness (QED) is 0.801. The Morgan fingerprint density at radius 2 is 1.90 bits per heavy atom. The first-order valence-corrected chi connectivity index (χ1v) is 7.59. The standard InChI is InChI=1S/C17H23NO3/c1-18-12-6-9-15(18)16(17(19)21-3)14(10-12)11-4-7-13(20-2)8-5-11/h4-5,7-8,12,14-16H,6,9-10H2,1-3H3/t12-,14-,15-,16+/m1/s1. The Balaban J connectivity index is 1.92. The Kier molecular flexibility index (Phi) is 3.89. The van der Waals surface area contributed by atoms with Crippen LogP contribution in [0.2, 0.25) is 0 Å². The van der Waals surface area contributed by atoms with Crippen LogP contribution >= 0.6 is 0 Å². The lowest BCUT2D eigenvalue weighted by molar-refractivity contribution is -0.150. The van der Waals surface area contributed by atoms with Gasteiger partial charge in [0.05, 0.1) is 20.1 Å². The van der Waals surface area contributed by atoms with E-state index >= 15 is 0 Å². The second-order valence-corrected chi connectivity index (χ2v) is 6.13. The molecule has 4 heteroatoms. The molecule has 0 saturated carbocycles. The average Bonchev–Trinajstić information content (AvgIpc) is 2.76. The number of carbonyl (C=O) groups is 1. The Morgan fingerprint density at radius 1 is 1.19 bits per heavy atom. The number of hydrogen-bond donors (Lipinski definition) is 0. The van der Waals surface area contributed by atoms with Gasteiger partial charge in [-0.05, 0) is 44.0 Å². The predicted molar refractivity (Wildman–Crippen MR) is 80.4 cm³/mol. The van der Waals surface area contributed by atoms with Crippen LogP contribution < -0.4 is 4.74 Å². The summed E-state index contributed by atoms with van der Waals surface area (Å²) in [6, 6.07) is 9.02. The highest BCUT2D eigenvalue weighted by Gasteiger charge is 2.49. The third kappa shape index (κ3) is 2.42. The van der Waals surface area contributed by atoms with Gasteiger partial charge in [0.1, 0.15) is 5.75 Å². The van der Waals surface area contributed by atoms with Gasteiger partial charge in [0.2, 0.25) is 0 Å². The van der Waals surface area contributed by atoms with Crippen molar-refractivity contribution in [3.8, 4) is 5.75 Å². The van der Waals surface area contributed by atoms with Crippen molar-refractivity contribution >= 4 is 5.97 Å². The molecule has 21 heavy (non-hydrogen) atoms. The van der Waals surface area contributed by atoms with Gasteiger partial charge in [0.25, 0.3) is 0 Å². The molecular formula is C17H23NO3. The molecule has 0 spiro atoms. The van der Waals surface area contributed by atoms with Gasteiger partial charge in [0.15, 0.2) is 0 Å². The lowest BCUT2D eigenvalue weighted by atomic mass is 9.76. The van der Waals surface area contributed by atoms with E-state index in [1.54, 1.807) is 7.11 Å². The lowest BCUT2D eigenvalue weighted by Crippen LogP contribution is -2.49. The zero-order valence-corrected chi connectivity index (χ0v) is 12.9. The van der Waals surface area contributed by atoms with Gasteiger partial charge < -0.3 is 9.47 Å². The molecule has 3 rings (SSSR count). The molecule has 2 saturated heterocycles. The number of rotatable bonds is 3. The lowest BCUT2D eigenvalue weighted by Gasteiger charge is -2.41. The molecule has 2 aliphatic heterocycles. The first kappa shape index (κ1) is 14.4. The van der Waals surface area contributed by atoms with Crippen molar-refractivity contribution in [2.45, 2.75) is 37.3 Å². The van der Waals surface area contributed by atoms with Gasteiger partial charge in [-0.3, -0.25) is 9.69 Å². The maximum atomic E-state index is 12.3. The van der Waals surface area contributed by atoms with Crippen LogP contribution in [-0.4, -0.2) is 44.2 Å². The molecule has 0 aromatic heterocycles. The van der Waals surface area contributed by atoms with Crippen molar-refractivity contribution < 1.29 is 14.3 Å². The van der Waals surface area contributed by atoms with E-state index in [1.807, 2.05) is 12.1 Å². The molecule has 0 amide bonds. The Labute approximate surface area is 126 Å². The van der Waals surface area contributed by atoms with Crippen molar-refractivity contribution in [1.29, 1.82) is 0 Å². The van der Waals surface area contributed by atoms with E-state index in [4.69, 9.17) is 9.47 Å². The zero-order chi connectivity index (χ0) is 15.0. The van der Waals surface area contributed by atoms with E-state index in [9.17, 15) is 4.79 Å². The van der Waals surface area contributed by atoms with Crippen LogP contribution in [0.25, 0.3) is 0 Å². The normalized spacial score (nSPS) is 32.0. The van der Waals surface area contributed by atoms with E-state index in [0.717, 1.165) is 18.6 Å². The van der Waals surface area contributed by atoms with Gasteiger partial charge in [-0.25, -0.2) is 0 Å². The average molecular weight is 289 g/mol. The van der Waals surface area contributed by atoms with E-state index in [-0.39, 0.29) is 17.8 Å². The summed E-state index contributed by atoms with van der Waals surface area (Å²) in [5, 5.41) is 0. The van der Waals surface area contributed by atoms with E-state index in [0.29, 0.717) is 12.1 Å². The number of esters is 1. The van der Waals surface area contributed by atoms with Crippen molar-refractivity contribution in [3.63, 3.8) is 0 Å². The molecule has 4 nitrogen and oxygen atoms in total. The third-order valence-electron chi connectivity index (χ3n) is 5.29. The molecule has 0 aliphatic carbocycles. The molecule has 2 fully saturated rings. The van der Waals surface area contributed by atoms with E-state index < -0.39 is 0 Å². The minimum absolute atomic E-state index is 0.0628. The fraction of sp³-hybridized carbons (Fsp3) is 0.588. The van der Waals surface area contributed by atoms with Gasteiger partial charge in [-0.1, -0.05) is 12.1 Å². The minimum Gasteiger partial charge on any atom is -0.497 e. The van der Waals surface area contributed by atoms with Crippen LogP contribution in [-0.2, 0) is 9.53 Å². The largest absolute Gasteiger partial charge is 0.497 e. The van der Waals surface area contributed by atoms with E-state index in [1.165, 1.54) is 19.1 Å². The SMILES string of the molecule is COC(=O)[C@H]1[C@@H](c2ccc(OC)cc2)C[C@H]2CC[C@H]1N2C. The van der Waals surface area contributed by atoms with Crippen LogP contribution in [0.15, 0.2) is 24.3 Å².